The number of amides is 1. The third-order valence-electron chi connectivity index (χ3n) is 1.95. The van der Waals surface area contributed by atoms with Gasteiger partial charge < -0.3 is 10.4 Å². The molecule has 94 valence electrons. The summed E-state index contributed by atoms with van der Waals surface area (Å²) in [5.74, 6) is -0.586. The van der Waals surface area contributed by atoms with E-state index in [1.807, 2.05) is 0 Å². The van der Waals surface area contributed by atoms with Gasteiger partial charge in [0.2, 0.25) is 0 Å². The number of rotatable bonds is 4. The summed E-state index contributed by atoms with van der Waals surface area (Å²) in [4.78, 5) is 15.4. The highest BCUT2D eigenvalue weighted by molar-refractivity contribution is 6.29. The fourth-order valence-corrected chi connectivity index (χ4v) is 1.40. The number of hydrogen-bond donors (Lipinski definition) is 2. The first-order valence-electron chi connectivity index (χ1n) is 4.78. The lowest BCUT2D eigenvalue weighted by Gasteiger charge is -2.10. The second-order valence-electron chi connectivity index (χ2n) is 3.43. The van der Waals surface area contributed by atoms with Gasteiger partial charge >= 0.3 is 0 Å². The maximum atomic E-state index is 12.0. The monoisotopic (exact) mass is 264 g/mol. The highest BCUT2D eigenvalue weighted by Crippen LogP contribution is 2.10. The standard InChI is InChI=1S/C10H11ClF2N2O2/c1-5-2-6(3-8(11)15-5)10(17)14-4-7(16)9(12)13/h2-3,7,9,16H,4H2,1H3,(H,14,17). The molecule has 4 nitrogen and oxygen atoms in total. The molecule has 0 aliphatic heterocycles. The van der Waals surface area contributed by atoms with Crippen LogP contribution < -0.4 is 5.32 Å². The van der Waals surface area contributed by atoms with Crippen LogP contribution in [0.3, 0.4) is 0 Å². The van der Waals surface area contributed by atoms with Crippen molar-refractivity contribution in [2.75, 3.05) is 6.54 Å². The largest absolute Gasteiger partial charge is 0.385 e. The Morgan fingerprint density at radius 3 is 2.76 bits per heavy atom. The van der Waals surface area contributed by atoms with E-state index in [1.165, 1.54) is 12.1 Å². The lowest BCUT2D eigenvalue weighted by atomic mass is 10.2. The first-order valence-corrected chi connectivity index (χ1v) is 5.16. The van der Waals surface area contributed by atoms with Crippen LogP contribution in [0.25, 0.3) is 0 Å². The van der Waals surface area contributed by atoms with E-state index in [1.54, 1.807) is 6.92 Å². The molecule has 1 aromatic rings. The molecule has 0 bridgehead atoms. The number of hydrogen-bond acceptors (Lipinski definition) is 3. The van der Waals surface area contributed by atoms with Gasteiger partial charge in [-0.3, -0.25) is 4.79 Å². The molecule has 0 fully saturated rings. The van der Waals surface area contributed by atoms with Gasteiger partial charge in [0, 0.05) is 17.8 Å². The molecule has 0 spiro atoms. The van der Waals surface area contributed by atoms with Crippen LogP contribution >= 0.6 is 11.6 Å². The third-order valence-corrected chi connectivity index (χ3v) is 2.14. The second kappa shape index (κ2) is 5.88. The van der Waals surface area contributed by atoms with Gasteiger partial charge in [0.15, 0.2) is 0 Å². The van der Waals surface area contributed by atoms with E-state index in [2.05, 4.69) is 10.3 Å². The fourth-order valence-electron chi connectivity index (χ4n) is 1.15. The number of pyridine rings is 1. The van der Waals surface area contributed by atoms with Crippen molar-refractivity contribution in [1.29, 1.82) is 0 Å². The molecule has 0 radical (unpaired) electrons. The van der Waals surface area contributed by atoms with Gasteiger partial charge in [-0.1, -0.05) is 11.6 Å². The van der Waals surface area contributed by atoms with E-state index >= 15 is 0 Å². The Kier molecular flexibility index (Phi) is 4.77. The van der Waals surface area contributed by atoms with E-state index < -0.39 is 25.0 Å². The summed E-state index contributed by atoms with van der Waals surface area (Å²) >= 11 is 5.65. The van der Waals surface area contributed by atoms with Crippen LogP contribution in [-0.2, 0) is 0 Å². The predicted octanol–water partition coefficient (Wildman–Crippen LogP) is 1.40. The molecule has 0 aliphatic carbocycles. The summed E-state index contributed by atoms with van der Waals surface area (Å²) in [7, 11) is 0. The van der Waals surface area contributed by atoms with Crippen molar-refractivity contribution in [3.05, 3.63) is 28.5 Å². The zero-order chi connectivity index (χ0) is 13.0. The average molecular weight is 265 g/mol. The molecule has 1 rings (SSSR count). The SMILES string of the molecule is Cc1cc(C(=O)NCC(O)C(F)F)cc(Cl)n1. The topological polar surface area (TPSA) is 62.2 Å². The summed E-state index contributed by atoms with van der Waals surface area (Å²) in [6.45, 7) is 1.13. The zero-order valence-electron chi connectivity index (χ0n) is 8.95. The van der Waals surface area contributed by atoms with E-state index in [9.17, 15) is 13.6 Å². The van der Waals surface area contributed by atoms with Crippen LogP contribution in [0.4, 0.5) is 8.78 Å². The number of aromatic nitrogens is 1. The Morgan fingerprint density at radius 2 is 2.24 bits per heavy atom. The number of nitrogens with one attached hydrogen (secondary N) is 1. The van der Waals surface area contributed by atoms with Crippen LogP contribution in [-0.4, -0.2) is 35.1 Å². The maximum Gasteiger partial charge on any atom is 0.265 e. The van der Waals surface area contributed by atoms with Crippen molar-refractivity contribution in [3.63, 3.8) is 0 Å². The number of nitrogens with zero attached hydrogens (tertiary/aromatic N) is 1. The van der Waals surface area contributed by atoms with Gasteiger partial charge in [0.1, 0.15) is 11.3 Å². The minimum atomic E-state index is -2.89. The highest BCUT2D eigenvalue weighted by atomic mass is 35.5. The molecule has 0 saturated carbocycles. The van der Waals surface area contributed by atoms with Gasteiger partial charge in [-0.2, -0.15) is 0 Å². The molecule has 0 aromatic carbocycles. The van der Waals surface area contributed by atoms with Crippen LogP contribution in [0.2, 0.25) is 5.15 Å². The van der Waals surface area contributed by atoms with Gasteiger partial charge in [0.25, 0.3) is 12.3 Å². The average Bonchev–Trinajstić information content (AvgIpc) is 2.23. The third kappa shape index (κ3) is 4.24. The molecule has 1 heterocycles. The van der Waals surface area contributed by atoms with Crippen molar-refractivity contribution >= 4 is 17.5 Å². The van der Waals surface area contributed by atoms with E-state index in [0.717, 1.165) is 0 Å². The molecule has 1 atom stereocenters. The Hall–Kier alpha value is -1.27. The summed E-state index contributed by atoms with van der Waals surface area (Å²) in [6, 6.07) is 2.79. The summed E-state index contributed by atoms with van der Waals surface area (Å²) in [5, 5.41) is 11.2. The van der Waals surface area contributed by atoms with Crippen molar-refractivity contribution in [2.45, 2.75) is 19.5 Å². The lowest BCUT2D eigenvalue weighted by Crippen LogP contribution is -2.35. The minimum absolute atomic E-state index is 0.143. The van der Waals surface area contributed by atoms with Gasteiger partial charge in [0.05, 0.1) is 0 Å². The van der Waals surface area contributed by atoms with E-state index in [4.69, 9.17) is 16.7 Å². The zero-order valence-corrected chi connectivity index (χ0v) is 9.71. The minimum Gasteiger partial charge on any atom is -0.385 e. The molecular formula is C10H11ClF2N2O2. The van der Waals surface area contributed by atoms with Gasteiger partial charge in [-0.05, 0) is 19.1 Å². The number of aliphatic hydroxyl groups is 1. The first-order chi connectivity index (χ1) is 7.90. The number of alkyl halides is 2. The van der Waals surface area contributed by atoms with Crippen molar-refractivity contribution in [2.24, 2.45) is 0 Å². The van der Waals surface area contributed by atoms with Crippen molar-refractivity contribution in [1.82, 2.24) is 10.3 Å². The quantitative estimate of drug-likeness (QED) is 0.808. The molecule has 1 unspecified atom stereocenters. The van der Waals surface area contributed by atoms with Crippen molar-refractivity contribution < 1.29 is 18.7 Å². The Bertz CT molecular complexity index is 395. The molecule has 1 aromatic heterocycles. The number of aliphatic hydroxyl groups excluding tert-OH is 1. The number of carbonyl (C=O) groups is 1. The van der Waals surface area contributed by atoms with Crippen LogP contribution in [0, 0.1) is 6.92 Å². The molecule has 0 saturated heterocycles. The van der Waals surface area contributed by atoms with Gasteiger partial charge in [-0.25, -0.2) is 13.8 Å². The lowest BCUT2D eigenvalue weighted by molar-refractivity contribution is -0.00270. The van der Waals surface area contributed by atoms with E-state index in [0.29, 0.717) is 5.69 Å². The molecule has 17 heavy (non-hydrogen) atoms. The molecule has 7 heteroatoms. The Morgan fingerprint density at radius 1 is 1.59 bits per heavy atom. The smallest absolute Gasteiger partial charge is 0.265 e. The second-order valence-corrected chi connectivity index (χ2v) is 3.82. The molecule has 2 N–H and O–H groups in total. The van der Waals surface area contributed by atoms with E-state index in [-0.39, 0.29) is 10.7 Å². The number of halogens is 3. The Labute approximate surface area is 102 Å². The van der Waals surface area contributed by atoms with Crippen molar-refractivity contribution in [3.8, 4) is 0 Å². The molecule has 0 aliphatic rings. The van der Waals surface area contributed by atoms with Gasteiger partial charge in [-0.15, -0.1) is 0 Å². The Balaban J connectivity index is 2.64. The summed E-state index contributed by atoms with van der Waals surface area (Å²) in [5.41, 5.74) is 0.751. The number of carbonyl (C=O) groups excluding carboxylic acids is 1. The summed E-state index contributed by atoms with van der Waals surface area (Å²) in [6.07, 6.45) is -4.77. The van der Waals surface area contributed by atoms with Crippen LogP contribution in [0.15, 0.2) is 12.1 Å². The number of aryl methyl sites for hydroxylation is 1. The van der Waals surface area contributed by atoms with Crippen LogP contribution in [0.5, 0.6) is 0 Å². The fraction of sp³-hybridized carbons (Fsp3) is 0.400. The highest BCUT2D eigenvalue weighted by Gasteiger charge is 2.18. The molecular weight excluding hydrogens is 254 g/mol. The van der Waals surface area contributed by atoms with Crippen LogP contribution in [0.1, 0.15) is 16.1 Å². The predicted molar refractivity (Wildman–Crippen MR) is 58.3 cm³/mol. The normalized spacial score (nSPS) is 12.6. The summed E-state index contributed by atoms with van der Waals surface area (Å²) < 4.78 is 24.0. The first kappa shape index (κ1) is 13.8. The maximum absolute atomic E-state index is 12.0. The molecule has 1 amide bonds.